The summed E-state index contributed by atoms with van der Waals surface area (Å²) < 4.78 is 10.9. The molecule has 204 valence electrons. The summed E-state index contributed by atoms with van der Waals surface area (Å²) >= 11 is 3.02. The molecule has 5 rings (SSSR count). The fraction of sp³-hybridized carbons (Fsp3) is 0.379. The van der Waals surface area contributed by atoms with Crippen molar-refractivity contribution in [3.63, 3.8) is 0 Å². The van der Waals surface area contributed by atoms with Crippen LogP contribution in [0.2, 0.25) is 0 Å². The molecular formula is C29H31N3O5S2. The summed E-state index contributed by atoms with van der Waals surface area (Å²) in [5, 5.41) is 4.68. The van der Waals surface area contributed by atoms with Gasteiger partial charge in [-0.25, -0.2) is 9.79 Å². The van der Waals surface area contributed by atoms with Gasteiger partial charge in [0.1, 0.15) is 12.6 Å². The summed E-state index contributed by atoms with van der Waals surface area (Å²) in [6, 6.07) is 13.1. The number of thiophene rings is 1. The number of amides is 1. The van der Waals surface area contributed by atoms with E-state index in [0.29, 0.717) is 43.8 Å². The largest absolute Gasteiger partial charge is 0.466 e. The van der Waals surface area contributed by atoms with Crippen molar-refractivity contribution in [1.29, 1.82) is 0 Å². The molecule has 0 bridgehead atoms. The van der Waals surface area contributed by atoms with Crippen molar-refractivity contribution in [3.05, 3.63) is 80.7 Å². The van der Waals surface area contributed by atoms with Crippen molar-refractivity contribution in [2.75, 3.05) is 19.7 Å². The Balaban J connectivity index is 1.32. The van der Waals surface area contributed by atoms with Gasteiger partial charge in [-0.3, -0.25) is 9.59 Å². The van der Waals surface area contributed by atoms with Crippen molar-refractivity contribution in [2.24, 2.45) is 10.9 Å². The molecule has 3 aliphatic heterocycles. The van der Waals surface area contributed by atoms with Crippen LogP contribution >= 0.6 is 23.1 Å². The predicted molar refractivity (Wildman–Crippen MR) is 151 cm³/mol. The number of nitrogens with zero attached hydrogens (tertiary/aromatic N) is 3. The summed E-state index contributed by atoms with van der Waals surface area (Å²) in [6.07, 6.45) is 1.39. The predicted octanol–water partition coefficient (Wildman–Crippen LogP) is 5.26. The number of carbonyl (C=O) groups is 3. The summed E-state index contributed by atoms with van der Waals surface area (Å²) in [5.74, 6) is -0.755. The number of piperidine rings is 1. The molecule has 0 aliphatic carbocycles. The normalized spacial score (nSPS) is 19.4. The topological polar surface area (TPSA) is 88.5 Å². The van der Waals surface area contributed by atoms with E-state index in [4.69, 9.17) is 14.5 Å². The van der Waals surface area contributed by atoms with Crippen molar-refractivity contribution >= 4 is 46.1 Å². The third-order valence-corrected chi connectivity index (χ3v) is 8.86. The van der Waals surface area contributed by atoms with Gasteiger partial charge in [0.05, 0.1) is 30.2 Å². The minimum absolute atomic E-state index is 0.00480. The lowest BCUT2D eigenvalue weighted by Gasteiger charge is -2.36. The molecule has 0 N–H and O–H groups in total. The van der Waals surface area contributed by atoms with E-state index in [-0.39, 0.29) is 30.8 Å². The number of fused-ring (bicyclic) bond motifs is 1. The fourth-order valence-electron chi connectivity index (χ4n) is 5.04. The minimum atomic E-state index is -0.427. The number of amidine groups is 1. The average molecular weight is 566 g/mol. The molecule has 1 aromatic carbocycles. The highest BCUT2D eigenvalue weighted by Crippen LogP contribution is 2.46. The van der Waals surface area contributed by atoms with E-state index in [1.807, 2.05) is 70.0 Å². The van der Waals surface area contributed by atoms with Gasteiger partial charge in [-0.05, 0) is 49.1 Å². The number of allylic oxidation sites excluding steroid dienone is 1. The first-order valence-electron chi connectivity index (χ1n) is 13.1. The summed E-state index contributed by atoms with van der Waals surface area (Å²) in [6.45, 7) is 5.22. The van der Waals surface area contributed by atoms with Crippen molar-refractivity contribution in [3.8, 4) is 0 Å². The Labute approximate surface area is 236 Å². The molecule has 0 unspecified atom stereocenters. The van der Waals surface area contributed by atoms with Crippen LogP contribution in [0.1, 0.15) is 49.6 Å². The lowest BCUT2D eigenvalue weighted by molar-refractivity contribution is -0.151. The zero-order valence-electron chi connectivity index (χ0n) is 22.0. The smallest absolute Gasteiger partial charge is 0.338 e. The van der Waals surface area contributed by atoms with E-state index < -0.39 is 12.0 Å². The minimum Gasteiger partial charge on any atom is -0.466 e. The second kappa shape index (κ2) is 12.2. The Morgan fingerprint density at radius 1 is 1.05 bits per heavy atom. The van der Waals surface area contributed by atoms with Crippen molar-refractivity contribution in [1.82, 2.24) is 9.80 Å². The number of benzene rings is 1. The Morgan fingerprint density at radius 3 is 2.51 bits per heavy atom. The molecule has 8 nitrogen and oxygen atoms in total. The van der Waals surface area contributed by atoms with Gasteiger partial charge in [0, 0.05) is 23.7 Å². The van der Waals surface area contributed by atoms with E-state index in [1.165, 1.54) is 11.8 Å². The van der Waals surface area contributed by atoms with Gasteiger partial charge in [-0.2, -0.15) is 0 Å². The van der Waals surface area contributed by atoms with Crippen LogP contribution in [-0.4, -0.2) is 52.5 Å². The van der Waals surface area contributed by atoms with Gasteiger partial charge in [0.2, 0.25) is 5.91 Å². The van der Waals surface area contributed by atoms with Crippen LogP contribution < -0.4 is 0 Å². The quantitative estimate of drug-likeness (QED) is 0.404. The number of rotatable bonds is 8. The van der Waals surface area contributed by atoms with Crippen LogP contribution in [-0.2, 0) is 30.5 Å². The molecule has 1 aromatic heterocycles. The van der Waals surface area contributed by atoms with Crippen molar-refractivity contribution in [2.45, 2.75) is 45.8 Å². The zero-order chi connectivity index (χ0) is 27.4. The molecule has 1 atom stereocenters. The first-order valence-corrected chi connectivity index (χ1v) is 14.9. The van der Waals surface area contributed by atoms with E-state index in [1.54, 1.807) is 18.3 Å². The van der Waals surface area contributed by atoms with Gasteiger partial charge in [-0.1, -0.05) is 48.2 Å². The molecule has 4 heterocycles. The van der Waals surface area contributed by atoms with Gasteiger partial charge in [0.15, 0.2) is 5.17 Å². The highest BCUT2D eigenvalue weighted by Gasteiger charge is 2.42. The molecule has 0 saturated carbocycles. The van der Waals surface area contributed by atoms with E-state index in [0.717, 1.165) is 21.3 Å². The highest BCUT2D eigenvalue weighted by molar-refractivity contribution is 8.16. The number of hydrogen-bond acceptors (Lipinski definition) is 9. The lowest BCUT2D eigenvalue weighted by atomic mass is 9.96. The zero-order valence-corrected chi connectivity index (χ0v) is 23.6. The van der Waals surface area contributed by atoms with E-state index in [2.05, 4.69) is 0 Å². The number of ether oxygens (including phenoxy) is 2. The van der Waals surface area contributed by atoms with E-state index >= 15 is 0 Å². The first-order chi connectivity index (χ1) is 19.0. The Morgan fingerprint density at radius 2 is 1.82 bits per heavy atom. The second-order valence-electron chi connectivity index (χ2n) is 9.55. The van der Waals surface area contributed by atoms with Crippen LogP contribution in [0.25, 0.3) is 0 Å². The number of hydrogen-bond donors (Lipinski definition) is 0. The molecular weight excluding hydrogens is 534 g/mol. The monoisotopic (exact) mass is 565 g/mol. The average Bonchev–Trinajstić information content (AvgIpc) is 3.62. The number of carbonyl (C=O) groups excluding carboxylic acids is 3. The maximum atomic E-state index is 13.5. The second-order valence-corrected chi connectivity index (χ2v) is 11.4. The third kappa shape index (κ3) is 5.96. The SMILES string of the molecule is CCOC(=O)C1CCN(C(=O)CC2=CSC3=NC(C)=C(C(=O)OCc4ccccc4)[C@@H](c4cccs4)N23)CC1. The number of aliphatic imine (C=N–C) groups is 1. The van der Waals surface area contributed by atoms with E-state index in [9.17, 15) is 14.4 Å². The number of esters is 2. The third-order valence-electron chi connectivity index (χ3n) is 7.05. The van der Waals surface area contributed by atoms with Crippen molar-refractivity contribution < 1.29 is 23.9 Å². The molecule has 1 fully saturated rings. The standard InChI is InChI=1S/C29H31N3O5S2/c1-3-36-27(34)21-11-13-31(14-12-21)24(33)16-22-18-39-29-30-19(2)25(26(32(22)29)23-10-7-15-38-23)28(35)37-17-20-8-5-4-6-9-20/h4-10,15,18,21,26H,3,11-14,16-17H2,1-2H3/t26-/m1/s1. The molecule has 10 heteroatoms. The molecule has 1 saturated heterocycles. The van der Waals surface area contributed by atoms with Crippen LogP contribution in [0, 0.1) is 5.92 Å². The van der Waals surface area contributed by atoms with Gasteiger partial charge in [-0.15, -0.1) is 11.3 Å². The van der Waals surface area contributed by atoms with Crippen LogP contribution in [0.4, 0.5) is 0 Å². The Hall–Kier alpha value is -3.37. The molecule has 3 aliphatic rings. The molecule has 0 radical (unpaired) electrons. The summed E-state index contributed by atoms with van der Waals surface area (Å²) in [5.41, 5.74) is 2.81. The lowest BCUT2D eigenvalue weighted by Crippen LogP contribution is -2.42. The maximum absolute atomic E-state index is 13.5. The number of likely N-dealkylation sites (tertiary alicyclic amines) is 1. The molecule has 2 aromatic rings. The molecule has 0 spiro atoms. The van der Waals surface area contributed by atoms with Crippen LogP contribution in [0.5, 0.6) is 0 Å². The molecule has 1 amide bonds. The van der Waals surface area contributed by atoms with Crippen LogP contribution in [0.15, 0.2) is 75.2 Å². The van der Waals surface area contributed by atoms with Gasteiger partial charge in [0.25, 0.3) is 0 Å². The summed E-state index contributed by atoms with van der Waals surface area (Å²) in [4.78, 5) is 48.5. The fourth-order valence-corrected chi connectivity index (χ4v) is 6.83. The van der Waals surface area contributed by atoms with Gasteiger partial charge >= 0.3 is 11.9 Å². The summed E-state index contributed by atoms with van der Waals surface area (Å²) in [7, 11) is 0. The van der Waals surface area contributed by atoms with Crippen LogP contribution in [0.3, 0.4) is 0 Å². The first kappa shape index (κ1) is 27.2. The Bertz CT molecular complexity index is 1310. The van der Waals surface area contributed by atoms with Gasteiger partial charge < -0.3 is 19.3 Å². The number of thioether (sulfide) groups is 1. The maximum Gasteiger partial charge on any atom is 0.338 e. The molecule has 39 heavy (non-hydrogen) atoms. The highest BCUT2D eigenvalue weighted by atomic mass is 32.2. The Kier molecular flexibility index (Phi) is 8.52.